The maximum absolute atomic E-state index is 10.0. The van der Waals surface area contributed by atoms with Crippen LogP contribution in [0, 0.1) is 4.77 Å². The first-order valence-corrected chi connectivity index (χ1v) is 7.00. The van der Waals surface area contributed by atoms with E-state index in [0.717, 1.165) is 17.1 Å². The largest absolute Gasteiger partial charge is 0.492 e. The third-order valence-electron chi connectivity index (χ3n) is 2.82. The molecule has 6 heteroatoms. The zero-order valence-corrected chi connectivity index (χ0v) is 12.2. The van der Waals surface area contributed by atoms with Gasteiger partial charge in [0.1, 0.15) is 5.75 Å². The second kappa shape index (κ2) is 7.12. The van der Waals surface area contributed by atoms with Gasteiger partial charge in [-0.05, 0) is 31.3 Å². The Hall–Kier alpha value is -1.79. The predicted octanol–water partition coefficient (Wildman–Crippen LogP) is 2.49. The molecular weight excluding hydrogens is 274 g/mol. The zero-order chi connectivity index (χ0) is 14.4. The van der Waals surface area contributed by atoms with Gasteiger partial charge in [0.25, 0.3) is 0 Å². The highest BCUT2D eigenvalue weighted by atomic mass is 32.1. The van der Waals surface area contributed by atoms with Gasteiger partial charge in [-0.2, -0.15) is 0 Å². The third-order valence-corrected chi connectivity index (χ3v) is 3.04. The number of nitrogens with one attached hydrogen (secondary N) is 3. The highest BCUT2D eigenvalue weighted by Crippen LogP contribution is 2.23. The van der Waals surface area contributed by atoms with Crippen LogP contribution in [0.4, 0.5) is 5.69 Å². The Balaban J connectivity index is 1.89. The molecule has 0 amide bonds. The Morgan fingerprint density at radius 2 is 2.20 bits per heavy atom. The zero-order valence-electron chi connectivity index (χ0n) is 11.3. The number of H-pyrrole nitrogens is 2. The van der Waals surface area contributed by atoms with Crippen LogP contribution in [0.1, 0.15) is 12.6 Å². The fourth-order valence-corrected chi connectivity index (χ4v) is 2.12. The third kappa shape index (κ3) is 4.11. The summed E-state index contributed by atoms with van der Waals surface area (Å²) in [7, 11) is 0. The van der Waals surface area contributed by atoms with Crippen LogP contribution in [-0.4, -0.2) is 34.3 Å². The Bertz CT molecular complexity index is 594. The van der Waals surface area contributed by atoms with Crippen LogP contribution >= 0.6 is 12.2 Å². The van der Waals surface area contributed by atoms with Gasteiger partial charge < -0.3 is 25.1 Å². The first-order valence-electron chi connectivity index (χ1n) is 6.59. The molecule has 1 unspecified atom stereocenters. The molecule has 0 aliphatic heterocycles. The monoisotopic (exact) mass is 293 g/mol. The number of aliphatic hydroxyl groups excluding tert-OH is 1. The second-order valence-electron chi connectivity index (χ2n) is 4.44. The number of aromatic nitrogens is 2. The molecular formula is C14H19N3O2S. The predicted molar refractivity (Wildman–Crippen MR) is 81.8 cm³/mol. The number of hydrogen-bond donors (Lipinski definition) is 4. The van der Waals surface area contributed by atoms with E-state index in [1.54, 1.807) is 6.20 Å². The maximum Gasteiger partial charge on any atom is 0.174 e. The van der Waals surface area contributed by atoms with Gasteiger partial charge in [0, 0.05) is 24.9 Å². The summed E-state index contributed by atoms with van der Waals surface area (Å²) in [5, 5.41) is 13.2. The molecule has 0 spiro atoms. The van der Waals surface area contributed by atoms with E-state index >= 15 is 0 Å². The molecule has 108 valence electrons. The van der Waals surface area contributed by atoms with Crippen molar-refractivity contribution in [1.29, 1.82) is 0 Å². The van der Waals surface area contributed by atoms with Crippen molar-refractivity contribution in [1.82, 2.24) is 9.97 Å². The summed E-state index contributed by atoms with van der Waals surface area (Å²) in [6.45, 7) is 3.00. The molecule has 20 heavy (non-hydrogen) atoms. The minimum absolute atomic E-state index is 0.440. The number of anilines is 1. The number of benzene rings is 1. The van der Waals surface area contributed by atoms with Gasteiger partial charge in [0.2, 0.25) is 0 Å². The lowest BCUT2D eigenvalue weighted by atomic mass is 10.2. The van der Waals surface area contributed by atoms with Crippen LogP contribution in [0.3, 0.4) is 0 Å². The Morgan fingerprint density at radius 1 is 1.40 bits per heavy atom. The van der Waals surface area contributed by atoms with Crippen molar-refractivity contribution in [2.45, 2.75) is 19.4 Å². The molecule has 0 saturated carbocycles. The molecule has 1 aromatic carbocycles. The highest BCUT2D eigenvalue weighted by molar-refractivity contribution is 7.71. The lowest BCUT2D eigenvalue weighted by Gasteiger charge is -2.15. The molecule has 1 atom stereocenters. The van der Waals surface area contributed by atoms with Gasteiger partial charge in [-0.25, -0.2) is 0 Å². The van der Waals surface area contributed by atoms with Crippen molar-refractivity contribution >= 4 is 17.9 Å². The average Bonchev–Trinajstić information content (AvgIpc) is 2.83. The summed E-state index contributed by atoms with van der Waals surface area (Å²) < 4.78 is 6.09. The van der Waals surface area contributed by atoms with E-state index in [-0.39, 0.29) is 0 Å². The minimum atomic E-state index is -0.508. The molecule has 1 aromatic heterocycles. The van der Waals surface area contributed by atoms with Gasteiger partial charge in [-0.15, -0.1) is 0 Å². The normalized spacial score (nSPS) is 12.1. The molecule has 0 aliphatic carbocycles. The average molecular weight is 293 g/mol. The van der Waals surface area contributed by atoms with Crippen LogP contribution in [0.5, 0.6) is 5.75 Å². The molecule has 0 saturated heterocycles. The summed E-state index contributed by atoms with van der Waals surface area (Å²) in [6, 6.07) is 7.69. The number of aromatic amines is 2. The molecule has 0 bridgehead atoms. The molecule has 0 aliphatic rings. The lowest BCUT2D eigenvalue weighted by Crippen LogP contribution is -2.22. The topological polar surface area (TPSA) is 73.1 Å². The smallest absolute Gasteiger partial charge is 0.174 e. The Morgan fingerprint density at radius 3 is 2.90 bits per heavy atom. The molecule has 5 nitrogen and oxygen atoms in total. The standard InChI is InChI=1S/C14H19N3O2S/c1-2-19-13-6-4-3-5-12(13)15-9-11(18)7-10-8-16-14(20)17-10/h3-6,8,11,15,18H,2,7,9H2,1H3,(H2,16,17,20). The SMILES string of the molecule is CCOc1ccccc1NCC(O)Cc1c[nH]c(=S)[nH]1. The maximum atomic E-state index is 10.0. The van der Waals surface area contributed by atoms with Gasteiger partial charge in [-0.1, -0.05) is 12.1 Å². The van der Waals surface area contributed by atoms with Crippen molar-refractivity contribution in [2.24, 2.45) is 0 Å². The van der Waals surface area contributed by atoms with E-state index in [1.807, 2.05) is 31.2 Å². The number of ether oxygens (including phenoxy) is 1. The molecule has 1 heterocycles. The Kier molecular flexibility index (Phi) is 5.20. The van der Waals surface area contributed by atoms with Crippen LogP contribution in [0.25, 0.3) is 0 Å². The summed E-state index contributed by atoms with van der Waals surface area (Å²) in [5.41, 5.74) is 1.78. The molecule has 4 N–H and O–H groups in total. The fourth-order valence-electron chi connectivity index (χ4n) is 1.93. The number of aliphatic hydroxyl groups is 1. The number of imidazole rings is 1. The van der Waals surface area contributed by atoms with Crippen molar-refractivity contribution in [3.8, 4) is 5.75 Å². The number of hydrogen-bond acceptors (Lipinski definition) is 4. The highest BCUT2D eigenvalue weighted by Gasteiger charge is 2.08. The van der Waals surface area contributed by atoms with Gasteiger partial charge in [-0.3, -0.25) is 0 Å². The van der Waals surface area contributed by atoms with E-state index < -0.39 is 6.10 Å². The molecule has 2 rings (SSSR count). The Labute approximate surface area is 123 Å². The summed E-state index contributed by atoms with van der Waals surface area (Å²) >= 11 is 4.95. The van der Waals surface area contributed by atoms with Crippen molar-refractivity contribution < 1.29 is 9.84 Å². The lowest BCUT2D eigenvalue weighted by molar-refractivity contribution is 0.187. The van der Waals surface area contributed by atoms with Crippen LogP contribution < -0.4 is 10.1 Å². The minimum Gasteiger partial charge on any atom is -0.492 e. The van der Waals surface area contributed by atoms with E-state index in [4.69, 9.17) is 17.0 Å². The molecule has 0 radical (unpaired) electrons. The van der Waals surface area contributed by atoms with Crippen molar-refractivity contribution in [3.05, 3.63) is 40.9 Å². The van der Waals surface area contributed by atoms with Gasteiger partial charge >= 0.3 is 0 Å². The summed E-state index contributed by atoms with van der Waals surface area (Å²) in [5.74, 6) is 0.795. The summed E-state index contributed by atoms with van der Waals surface area (Å²) in [4.78, 5) is 5.86. The van der Waals surface area contributed by atoms with Gasteiger partial charge in [0.15, 0.2) is 4.77 Å². The van der Waals surface area contributed by atoms with E-state index in [0.29, 0.717) is 24.3 Å². The quantitative estimate of drug-likeness (QED) is 0.592. The van der Waals surface area contributed by atoms with Crippen molar-refractivity contribution in [3.63, 3.8) is 0 Å². The molecule has 2 aromatic rings. The second-order valence-corrected chi connectivity index (χ2v) is 4.84. The molecule has 0 fully saturated rings. The summed E-state index contributed by atoms with van der Waals surface area (Å²) in [6.07, 6.45) is 1.78. The van der Waals surface area contributed by atoms with E-state index in [9.17, 15) is 5.11 Å². The van der Waals surface area contributed by atoms with Crippen LogP contribution in [0.2, 0.25) is 0 Å². The van der Waals surface area contributed by atoms with Crippen molar-refractivity contribution in [2.75, 3.05) is 18.5 Å². The van der Waals surface area contributed by atoms with E-state index in [1.165, 1.54) is 0 Å². The fraction of sp³-hybridized carbons (Fsp3) is 0.357. The first-order chi connectivity index (χ1) is 9.69. The van der Waals surface area contributed by atoms with Gasteiger partial charge in [0.05, 0.1) is 18.4 Å². The van der Waals surface area contributed by atoms with Crippen LogP contribution in [0.15, 0.2) is 30.5 Å². The van der Waals surface area contributed by atoms with E-state index in [2.05, 4.69) is 15.3 Å². The van der Waals surface area contributed by atoms with Crippen LogP contribution in [-0.2, 0) is 6.42 Å². The first kappa shape index (κ1) is 14.6. The number of para-hydroxylation sites is 2. The number of rotatable bonds is 7.